The van der Waals surface area contributed by atoms with Gasteiger partial charge >= 0.3 is 0 Å². The predicted octanol–water partition coefficient (Wildman–Crippen LogP) is 3.75. The van der Waals surface area contributed by atoms with Crippen LogP contribution in [0.4, 0.5) is 0 Å². The van der Waals surface area contributed by atoms with Gasteiger partial charge in [-0.2, -0.15) is 0 Å². The van der Waals surface area contributed by atoms with E-state index in [9.17, 15) is 0 Å². The smallest absolute Gasteiger partial charge is 0.0689 e. The van der Waals surface area contributed by atoms with E-state index in [0.29, 0.717) is 5.03 Å². The maximum atomic E-state index is 5.75. The van der Waals surface area contributed by atoms with Crippen LogP contribution >= 0.6 is 39.1 Å². The third kappa shape index (κ3) is 1.73. The van der Waals surface area contributed by atoms with Gasteiger partial charge in [0.05, 0.1) is 5.03 Å². The Balaban J connectivity index is 2.88. The normalized spacial score (nSPS) is 20.1. The van der Waals surface area contributed by atoms with Gasteiger partial charge in [-0.25, -0.2) is 0 Å². The van der Waals surface area contributed by atoms with Crippen LogP contribution in [0.25, 0.3) is 0 Å². The average Bonchev–Trinajstić information content (AvgIpc) is 1.83. The fourth-order valence-corrected chi connectivity index (χ4v) is 1.62. The molecule has 0 aromatic carbocycles. The average molecular weight is 228 g/mol. The van der Waals surface area contributed by atoms with Crippen molar-refractivity contribution in [3.05, 3.63) is 20.6 Å². The lowest BCUT2D eigenvalue weighted by atomic mass is 10.2. The summed E-state index contributed by atoms with van der Waals surface area (Å²) < 4.78 is 0.917. The minimum Gasteiger partial charge on any atom is -0.0875 e. The van der Waals surface area contributed by atoms with Crippen LogP contribution in [0, 0.1) is 0 Å². The summed E-state index contributed by atoms with van der Waals surface area (Å²) in [5, 5.41) is 1.41. The Bertz CT molecular complexity index is 181. The van der Waals surface area contributed by atoms with Gasteiger partial charge in [-0.05, 0) is 28.8 Å². The zero-order chi connectivity index (χ0) is 6.85. The van der Waals surface area contributed by atoms with Crippen LogP contribution in [0.5, 0.6) is 0 Å². The van der Waals surface area contributed by atoms with Crippen molar-refractivity contribution in [3.63, 3.8) is 0 Å². The Morgan fingerprint density at radius 1 is 1.44 bits per heavy atom. The standard InChI is InChI=1S/C6H5BrCl2/c7-4-2-1-3-5(8)6(4)9/h2H,1,3H2. The van der Waals surface area contributed by atoms with Crippen LogP contribution in [0.2, 0.25) is 0 Å². The van der Waals surface area contributed by atoms with E-state index in [1.54, 1.807) is 0 Å². The molecule has 0 radical (unpaired) electrons. The molecule has 50 valence electrons. The third-order valence-electron chi connectivity index (χ3n) is 1.14. The highest BCUT2D eigenvalue weighted by Crippen LogP contribution is 2.33. The van der Waals surface area contributed by atoms with E-state index >= 15 is 0 Å². The number of hydrogen-bond donors (Lipinski definition) is 0. The molecule has 0 bridgehead atoms. The SMILES string of the molecule is ClC1=C(Cl)C(Br)=CCC1. The first-order valence-electron chi connectivity index (χ1n) is 2.62. The fraction of sp³-hybridized carbons (Fsp3) is 0.333. The van der Waals surface area contributed by atoms with Gasteiger partial charge in [0.15, 0.2) is 0 Å². The molecular formula is C6H5BrCl2. The van der Waals surface area contributed by atoms with Crippen LogP contribution in [0.15, 0.2) is 20.6 Å². The van der Waals surface area contributed by atoms with E-state index in [-0.39, 0.29) is 0 Å². The molecule has 0 spiro atoms. The summed E-state index contributed by atoms with van der Waals surface area (Å²) in [5.41, 5.74) is 0. The Labute approximate surface area is 72.7 Å². The van der Waals surface area contributed by atoms with Crippen LogP contribution < -0.4 is 0 Å². The van der Waals surface area contributed by atoms with Crippen molar-refractivity contribution < 1.29 is 0 Å². The summed E-state index contributed by atoms with van der Waals surface area (Å²) in [6.45, 7) is 0. The topological polar surface area (TPSA) is 0 Å². The molecular weight excluding hydrogens is 223 g/mol. The zero-order valence-corrected chi connectivity index (χ0v) is 7.72. The second-order valence-electron chi connectivity index (χ2n) is 1.81. The molecule has 0 N–H and O–H groups in total. The van der Waals surface area contributed by atoms with Gasteiger partial charge in [-0.3, -0.25) is 0 Å². The third-order valence-corrected chi connectivity index (χ3v) is 2.99. The second-order valence-corrected chi connectivity index (χ2v) is 3.50. The lowest BCUT2D eigenvalue weighted by Gasteiger charge is -2.06. The molecule has 1 rings (SSSR count). The van der Waals surface area contributed by atoms with Crippen LogP contribution in [-0.4, -0.2) is 0 Å². The summed E-state index contributed by atoms with van der Waals surface area (Å²) in [6.07, 6.45) is 3.87. The molecule has 0 aromatic rings. The van der Waals surface area contributed by atoms with Crippen molar-refractivity contribution in [1.29, 1.82) is 0 Å². The quantitative estimate of drug-likeness (QED) is 0.592. The molecule has 1 aliphatic rings. The molecule has 0 amide bonds. The lowest BCUT2D eigenvalue weighted by Crippen LogP contribution is -1.86. The summed E-state index contributed by atoms with van der Waals surface area (Å²) in [5.74, 6) is 0. The molecule has 0 unspecified atom stereocenters. The van der Waals surface area contributed by atoms with E-state index in [0.717, 1.165) is 22.4 Å². The number of rotatable bonds is 0. The minimum atomic E-state index is 0.655. The molecule has 9 heavy (non-hydrogen) atoms. The summed E-state index contributed by atoms with van der Waals surface area (Å²) in [7, 11) is 0. The number of hydrogen-bond acceptors (Lipinski definition) is 0. The summed E-state index contributed by atoms with van der Waals surface area (Å²) >= 11 is 14.8. The van der Waals surface area contributed by atoms with Gasteiger partial charge in [0.2, 0.25) is 0 Å². The van der Waals surface area contributed by atoms with E-state index in [1.807, 2.05) is 6.08 Å². The molecule has 0 heterocycles. The van der Waals surface area contributed by atoms with Crippen LogP contribution in [0.3, 0.4) is 0 Å². The largest absolute Gasteiger partial charge is 0.0875 e. The predicted molar refractivity (Wildman–Crippen MR) is 45.0 cm³/mol. The fourth-order valence-electron chi connectivity index (χ4n) is 0.655. The molecule has 0 nitrogen and oxygen atoms in total. The Kier molecular flexibility index (Phi) is 2.62. The zero-order valence-electron chi connectivity index (χ0n) is 4.63. The number of halogens is 3. The molecule has 0 fully saturated rings. The van der Waals surface area contributed by atoms with Crippen molar-refractivity contribution in [2.45, 2.75) is 12.8 Å². The summed E-state index contributed by atoms with van der Waals surface area (Å²) in [6, 6.07) is 0. The second kappa shape index (κ2) is 3.09. The highest BCUT2D eigenvalue weighted by Gasteiger charge is 2.08. The molecule has 0 atom stereocenters. The molecule has 0 aromatic heterocycles. The Morgan fingerprint density at radius 2 is 2.11 bits per heavy atom. The maximum absolute atomic E-state index is 5.75. The Hall–Kier alpha value is 0.540. The molecule has 1 aliphatic carbocycles. The van der Waals surface area contributed by atoms with Gasteiger partial charge in [0, 0.05) is 9.51 Å². The first-order valence-corrected chi connectivity index (χ1v) is 4.17. The maximum Gasteiger partial charge on any atom is 0.0689 e. The van der Waals surface area contributed by atoms with Crippen molar-refractivity contribution in [3.8, 4) is 0 Å². The molecule has 0 saturated carbocycles. The van der Waals surface area contributed by atoms with Crippen molar-refractivity contribution in [2.75, 3.05) is 0 Å². The van der Waals surface area contributed by atoms with Gasteiger partial charge in [-0.1, -0.05) is 29.3 Å². The monoisotopic (exact) mass is 226 g/mol. The molecule has 3 heteroatoms. The van der Waals surface area contributed by atoms with Gasteiger partial charge in [-0.15, -0.1) is 0 Å². The molecule has 0 saturated heterocycles. The molecule has 0 aliphatic heterocycles. The van der Waals surface area contributed by atoms with E-state index in [4.69, 9.17) is 23.2 Å². The van der Waals surface area contributed by atoms with E-state index < -0.39 is 0 Å². The minimum absolute atomic E-state index is 0.655. The lowest BCUT2D eigenvalue weighted by molar-refractivity contribution is 1.01. The highest BCUT2D eigenvalue weighted by atomic mass is 79.9. The van der Waals surface area contributed by atoms with Gasteiger partial charge in [0.25, 0.3) is 0 Å². The van der Waals surface area contributed by atoms with Crippen LogP contribution in [-0.2, 0) is 0 Å². The van der Waals surface area contributed by atoms with Crippen molar-refractivity contribution in [2.24, 2.45) is 0 Å². The first-order chi connectivity index (χ1) is 4.22. The van der Waals surface area contributed by atoms with Crippen molar-refractivity contribution >= 4 is 39.1 Å². The highest BCUT2D eigenvalue weighted by molar-refractivity contribution is 9.12. The van der Waals surface area contributed by atoms with Gasteiger partial charge < -0.3 is 0 Å². The Morgan fingerprint density at radius 3 is 2.56 bits per heavy atom. The van der Waals surface area contributed by atoms with E-state index in [1.165, 1.54) is 0 Å². The first kappa shape index (κ1) is 7.64. The van der Waals surface area contributed by atoms with Crippen molar-refractivity contribution in [1.82, 2.24) is 0 Å². The van der Waals surface area contributed by atoms with Crippen LogP contribution in [0.1, 0.15) is 12.8 Å². The summed E-state index contributed by atoms with van der Waals surface area (Å²) in [4.78, 5) is 0. The van der Waals surface area contributed by atoms with Gasteiger partial charge in [0.1, 0.15) is 0 Å². The van der Waals surface area contributed by atoms with E-state index in [2.05, 4.69) is 15.9 Å². The number of allylic oxidation sites excluding steroid dienone is 4.